The molecule has 0 aliphatic carbocycles. The van der Waals surface area contributed by atoms with Gasteiger partial charge in [-0.2, -0.15) is 5.26 Å². The van der Waals surface area contributed by atoms with E-state index in [1.165, 1.54) is 5.56 Å². The molecule has 0 saturated carbocycles. The normalized spacial score (nSPS) is 10.9. The number of hydrogen-bond donors (Lipinski definition) is 2. The molecule has 0 atom stereocenters. The average Bonchev–Trinajstić information content (AvgIpc) is 2.59. The standard InChI is InChI=1S/C18H19ClN4/c1-21-18(22-10-9-14-5-7-17(19)8-6-14)23-13-16-4-2-3-15(11-16)12-20/h2-8,11H,9-10,13H2,1H3,(H2,21,22,23). The summed E-state index contributed by atoms with van der Waals surface area (Å²) in [6, 6.07) is 17.5. The molecule has 0 spiro atoms. The van der Waals surface area contributed by atoms with Gasteiger partial charge in [-0.1, -0.05) is 35.9 Å². The highest BCUT2D eigenvalue weighted by molar-refractivity contribution is 6.30. The monoisotopic (exact) mass is 326 g/mol. The summed E-state index contributed by atoms with van der Waals surface area (Å²) in [6.07, 6.45) is 0.891. The number of hydrogen-bond acceptors (Lipinski definition) is 2. The Balaban J connectivity index is 1.79. The van der Waals surface area contributed by atoms with Crippen molar-refractivity contribution in [3.05, 3.63) is 70.2 Å². The molecule has 0 fully saturated rings. The van der Waals surface area contributed by atoms with Gasteiger partial charge in [0.2, 0.25) is 0 Å². The molecule has 2 aromatic carbocycles. The van der Waals surface area contributed by atoms with E-state index in [0.29, 0.717) is 12.1 Å². The van der Waals surface area contributed by atoms with Crippen LogP contribution in [0.25, 0.3) is 0 Å². The number of nitrogens with one attached hydrogen (secondary N) is 2. The molecule has 0 aliphatic rings. The van der Waals surface area contributed by atoms with Crippen LogP contribution in [-0.4, -0.2) is 19.6 Å². The molecule has 0 aromatic heterocycles. The molecular weight excluding hydrogens is 308 g/mol. The second-order valence-electron chi connectivity index (χ2n) is 5.04. The molecular formula is C18H19ClN4. The van der Waals surface area contributed by atoms with E-state index < -0.39 is 0 Å². The van der Waals surface area contributed by atoms with Crippen LogP contribution in [0.4, 0.5) is 0 Å². The molecule has 23 heavy (non-hydrogen) atoms. The summed E-state index contributed by atoms with van der Waals surface area (Å²) in [7, 11) is 1.74. The Bertz CT molecular complexity index is 702. The zero-order valence-electron chi connectivity index (χ0n) is 13.0. The van der Waals surface area contributed by atoms with Gasteiger partial charge in [0, 0.05) is 25.2 Å². The lowest BCUT2D eigenvalue weighted by Gasteiger charge is -2.12. The van der Waals surface area contributed by atoms with Crippen molar-refractivity contribution in [2.75, 3.05) is 13.6 Å². The summed E-state index contributed by atoms with van der Waals surface area (Å²) < 4.78 is 0. The van der Waals surface area contributed by atoms with Gasteiger partial charge in [-0.15, -0.1) is 0 Å². The van der Waals surface area contributed by atoms with Gasteiger partial charge in [-0.3, -0.25) is 4.99 Å². The van der Waals surface area contributed by atoms with Crippen LogP contribution in [0.15, 0.2) is 53.5 Å². The van der Waals surface area contributed by atoms with Crippen molar-refractivity contribution in [3.8, 4) is 6.07 Å². The quantitative estimate of drug-likeness (QED) is 0.655. The van der Waals surface area contributed by atoms with Gasteiger partial charge in [0.1, 0.15) is 0 Å². The van der Waals surface area contributed by atoms with E-state index in [2.05, 4.69) is 21.7 Å². The maximum Gasteiger partial charge on any atom is 0.191 e. The van der Waals surface area contributed by atoms with Crippen LogP contribution in [0.2, 0.25) is 5.02 Å². The van der Waals surface area contributed by atoms with Crippen LogP contribution < -0.4 is 10.6 Å². The van der Waals surface area contributed by atoms with E-state index in [1.807, 2.05) is 42.5 Å². The maximum absolute atomic E-state index is 8.91. The molecule has 4 nitrogen and oxygen atoms in total. The number of guanidine groups is 1. The number of aliphatic imine (C=N–C) groups is 1. The molecule has 0 radical (unpaired) electrons. The van der Waals surface area contributed by atoms with Gasteiger partial charge in [-0.25, -0.2) is 0 Å². The largest absolute Gasteiger partial charge is 0.356 e. The second kappa shape index (κ2) is 8.82. The molecule has 0 unspecified atom stereocenters. The minimum atomic E-state index is 0.621. The van der Waals surface area contributed by atoms with Crippen molar-refractivity contribution in [2.45, 2.75) is 13.0 Å². The minimum absolute atomic E-state index is 0.621. The first kappa shape index (κ1) is 16.9. The van der Waals surface area contributed by atoms with Crippen molar-refractivity contribution in [3.63, 3.8) is 0 Å². The average molecular weight is 327 g/mol. The Labute approximate surface area is 141 Å². The third kappa shape index (κ3) is 5.65. The van der Waals surface area contributed by atoms with Crippen LogP contribution in [0, 0.1) is 11.3 Å². The molecule has 0 saturated heterocycles. The Morgan fingerprint density at radius 1 is 1.13 bits per heavy atom. The molecule has 0 heterocycles. The predicted octanol–water partition coefficient (Wildman–Crippen LogP) is 3.12. The molecule has 2 rings (SSSR count). The first-order valence-corrected chi connectivity index (χ1v) is 7.77. The molecule has 5 heteroatoms. The number of rotatable bonds is 5. The van der Waals surface area contributed by atoms with Crippen molar-refractivity contribution in [1.29, 1.82) is 5.26 Å². The highest BCUT2D eigenvalue weighted by atomic mass is 35.5. The topological polar surface area (TPSA) is 60.2 Å². The lowest BCUT2D eigenvalue weighted by atomic mass is 10.1. The SMILES string of the molecule is CN=C(NCCc1ccc(Cl)cc1)NCc1cccc(C#N)c1. The Hall–Kier alpha value is -2.51. The predicted molar refractivity (Wildman–Crippen MR) is 94.5 cm³/mol. The second-order valence-corrected chi connectivity index (χ2v) is 5.48. The lowest BCUT2D eigenvalue weighted by molar-refractivity contribution is 0.794. The first-order chi connectivity index (χ1) is 11.2. The van der Waals surface area contributed by atoms with E-state index in [1.54, 1.807) is 13.1 Å². The smallest absolute Gasteiger partial charge is 0.191 e. The van der Waals surface area contributed by atoms with Gasteiger partial charge in [0.05, 0.1) is 11.6 Å². The number of benzene rings is 2. The molecule has 0 bridgehead atoms. The van der Waals surface area contributed by atoms with Crippen LogP contribution >= 0.6 is 11.6 Å². The van der Waals surface area contributed by atoms with Crippen LogP contribution in [0.5, 0.6) is 0 Å². The van der Waals surface area contributed by atoms with Crippen molar-refractivity contribution in [1.82, 2.24) is 10.6 Å². The molecule has 0 aliphatic heterocycles. The fraction of sp³-hybridized carbons (Fsp3) is 0.222. The number of halogens is 1. The number of nitriles is 1. The maximum atomic E-state index is 8.91. The Morgan fingerprint density at radius 2 is 1.91 bits per heavy atom. The highest BCUT2D eigenvalue weighted by Crippen LogP contribution is 2.09. The minimum Gasteiger partial charge on any atom is -0.356 e. The molecule has 2 N–H and O–H groups in total. The van der Waals surface area contributed by atoms with E-state index in [4.69, 9.17) is 16.9 Å². The summed E-state index contributed by atoms with van der Waals surface area (Å²) >= 11 is 5.87. The van der Waals surface area contributed by atoms with Crippen molar-refractivity contribution < 1.29 is 0 Å². The highest BCUT2D eigenvalue weighted by Gasteiger charge is 2.00. The summed E-state index contributed by atoms with van der Waals surface area (Å²) in [4.78, 5) is 4.20. The van der Waals surface area contributed by atoms with Gasteiger partial charge in [0.15, 0.2) is 5.96 Å². The van der Waals surface area contributed by atoms with Crippen molar-refractivity contribution >= 4 is 17.6 Å². The van der Waals surface area contributed by atoms with Gasteiger partial charge < -0.3 is 10.6 Å². The zero-order valence-corrected chi connectivity index (χ0v) is 13.8. The lowest BCUT2D eigenvalue weighted by Crippen LogP contribution is -2.37. The molecule has 0 amide bonds. The zero-order chi connectivity index (χ0) is 16.5. The van der Waals surface area contributed by atoms with Crippen LogP contribution in [0.3, 0.4) is 0 Å². The van der Waals surface area contributed by atoms with E-state index in [-0.39, 0.29) is 0 Å². The summed E-state index contributed by atoms with van der Waals surface area (Å²) in [5.74, 6) is 0.737. The summed E-state index contributed by atoms with van der Waals surface area (Å²) in [5.41, 5.74) is 2.93. The third-order valence-electron chi connectivity index (χ3n) is 3.36. The molecule has 118 valence electrons. The Morgan fingerprint density at radius 3 is 2.61 bits per heavy atom. The number of nitrogens with zero attached hydrogens (tertiary/aromatic N) is 2. The van der Waals surface area contributed by atoms with Crippen LogP contribution in [-0.2, 0) is 13.0 Å². The van der Waals surface area contributed by atoms with E-state index in [0.717, 1.165) is 29.5 Å². The van der Waals surface area contributed by atoms with Gasteiger partial charge in [0.25, 0.3) is 0 Å². The van der Waals surface area contributed by atoms with E-state index in [9.17, 15) is 0 Å². The molecule has 2 aromatic rings. The van der Waals surface area contributed by atoms with Crippen molar-refractivity contribution in [2.24, 2.45) is 4.99 Å². The van der Waals surface area contributed by atoms with Crippen LogP contribution in [0.1, 0.15) is 16.7 Å². The fourth-order valence-corrected chi connectivity index (χ4v) is 2.26. The van der Waals surface area contributed by atoms with E-state index >= 15 is 0 Å². The fourth-order valence-electron chi connectivity index (χ4n) is 2.13. The van der Waals surface area contributed by atoms with Gasteiger partial charge >= 0.3 is 0 Å². The Kier molecular flexibility index (Phi) is 6.46. The third-order valence-corrected chi connectivity index (χ3v) is 3.61. The summed E-state index contributed by atoms with van der Waals surface area (Å²) in [5, 5.41) is 16.2. The van der Waals surface area contributed by atoms with Gasteiger partial charge in [-0.05, 0) is 41.8 Å². The summed E-state index contributed by atoms with van der Waals surface area (Å²) in [6.45, 7) is 1.40. The first-order valence-electron chi connectivity index (χ1n) is 7.39.